The number of hydrogen-bond acceptors (Lipinski definition) is 2. The van der Waals surface area contributed by atoms with Crippen LogP contribution in [0.15, 0.2) is 0 Å². The molecule has 6 unspecified atom stereocenters. The van der Waals surface area contributed by atoms with Crippen LogP contribution in [-0.4, -0.2) is 5.78 Å². The summed E-state index contributed by atoms with van der Waals surface area (Å²) < 4.78 is 0. The third-order valence-corrected chi connectivity index (χ3v) is 8.17. The summed E-state index contributed by atoms with van der Waals surface area (Å²) in [4.78, 5) is 12.7. The van der Waals surface area contributed by atoms with Gasteiger partial charge in [-0.1, -0.05) is 20.3 Å². The van der Waals surface area contributed by atoms with E-state index in [0.717, 1.165) is 37.0 Å². The Labute approximate surface area is 134 Å². The van der Waals surface area contributed by atoms with Crippen LogP contribution in [0.5, 0.6) is 0 Å². The van der Waals surface area contributed by atoms with Crippen LogP contribution in [0.25, 0.3) is 0 Å². The van der Waals surface area contributed by atoms with Gasteiger partial charge in [0.1, 0.15) is 5.78 Å². The van der Waals surface area contributed by atoms with Crippen LogP contribution in [0, 0.1) is 58.2 Å². The molecule has 2 heteroatoms. The molecule has 0 spiro atoms. The number of Topliss-reactive ketones (excluding diaryl/α,β-unsaturated/α-hetero) is 1. The molecular weight excluding hydrogens is 270 g/mol. The predicted molar refractivity (Wildman–Crippen MR) is 85.8 cm³/mol. The number of fused-ring (bicyclic) bond motifs is 5. The summed E-state index contributed by atoms with van der Waals surface area (Å²) in [7, 11) is 0. The van der Waals surface area contributed by atoms with Crippen LogP contribution in [0.2, 0.25) is 0 Å². The molecule has 22 heavy (non-hydrogen) atoms. The van der Waals surface area contributed by atoms with Gasteiger partial charge in [0.05, 0.1) is 6.07 Å². The molecule has 0 bridgehead atoms. The molecular formula is C20H29NO. The Hall–Kier alpha value is -0.840. The monoisotopic (exact) mass is 299 g/mol. The lowest BCUT2D eigenvalue weighted by molar-refractivity contribution is -0.135. The van der Waals surface area contributed by atoms with Crippen LogP contribution >= 0.6 is 0 Å². The Morgan fingerprint density at radius 1 is 1.05 bits per heavy atom. The summed E-state index contributed by atoms with van der Waals surface area (Å²) >= 11 is 0. The van der Waals surface area contributed by atoms with Crippen molar-refractivity contribution in [1.29, 1.82) is 5.26 Å². The Balaban J connectivity index is 1.61. The number of hydrogen-bond donors (Lipinski definition) is 0. The molecule has 0 aromatic rings. The van der Waals surface area contributed by atoms with Crippen LogP contribution in [0.1, 0.15) is 65.2 Å². The minimum Gasteiger partial charge on any atom is -0.299 e. The summed E-state index contributed by atoms with van der Waals surface area (Å²) in [6.07, 6.45) is 9.75. The van der Waals surface area contributed by atoms with E-state index in [4.69, 9.17) is 0 Å². The summed E-state index contributed by atoms with van der Waals surface area (Å²) in [5.41, 5.74) is -0.0171. The van der Waals surface area contributed by atoms with Gasteiger partial charge in [-0.15, -0.1) is 0 Å². The Morgan fingerprint density at radius 2 is 1.77 bits per heavy atom. The van der Waals surface area contributed by atoms with E-state index in [-0.39, 0.29) is 11.3 Å². The third kappa shape index (κ3) is 1.87. The normalized spacial score (nSPS) is 54.0. The predicted octanol–water partition coefficient (Wildman–Crippen LogP) is 4.59. The Morgan fingerprint density at radius 3 is 2.55 bits per heavy atom. The van der Waals surface area contributed by atoms with Gasteiger partial charge in [-0.05, 0) is 74.5 Å². The van der Waals surface area contributed by atoms with Crippen LogP contribution in [0.3, 0.4) is 0 Å². The number of ketones is 1. The van der Waals surface area contributed by atoms with E-state index in [9.17, 15) is 10.1 Å². The van der Waals surface area contributed by atoms with Gasteiger partial charge in [-0.2, -0.15) is 5.26 Å². The first-order valence-corrected chi connectivity index (χ1v) is 9.50. The number of carbonyl (C=O) groups excluding carboxylic acids is 1. The van der Waals surface area contributed by atoms with Crippen molar-refractivity contribution in [2.24, 2.45) is 46.8 Å². The minimum absolute atomic E-state index is 0.0171. The number of nitrogens with zero attached hydrogens (tertiary/aromatic N) is 1. The maximum atomic E-state index is 12.7. The second-order valence-electron chi connectivity index (χ2n) is 8.96. The first-order valence-electron chi connectivity index (χ1n) is 9.50. The fourth-order valence-corrected chi connectivity index (χ4v) is 7.17. The fourth-order valence-electron chi connectivity index (χ4n) is 7.17. The molecule has 120 valence electrons. The molecule has 0 radical (unpaired) electrons. The van der Waals surface area contributed by atoms with Gasteiger partial charge >= 0.3 is 0 Å². The molecule has 4 aliphatic rings. The summed E-state index contributed by atoms with van der Waals surface area (Å²) in [6.45, 7) is 4.42. The lowest BCUT2D eigenvalue weighted by atomic mass is 9.49. The van der Waals surface area contributed by atoms with Gasteiger partial charge in [0.25, 0.3) is 0 Å². The van der Waals surface area contributed by atoms with E-state index in [0.29, 0.717) is 23.5 Å². The topological polar surface area (TPSA) is 40.9 Å². The summed E-state index contributed by atoms with van der Waals surface area (Å²) in [5.74, 6) is 4.82. The SMILES string of the molecule is C[C@@H]1CC2C3CCC4C(C#N)CCCC4C3CC[C@]2(C)C1=O. The lowest BCUT2D eigenvalue weighted by Crippen LogP contribution is -2.49. The van der Waals surface area contributed by atoms with Crippen LogP contribution in [0.4, 0.5) is 0 Å². The van der Waals surface area contributed by atoms with Gasteiger partial charge in [-0.25, -0.2) is 0 Å². The highest BCUT2D eigenvalue weighted by Gasteiger charge is 2.59. The molecule has 4 saturated carbocycles. The summed E-state index contributed by atoms with van der Waals surface area (Å²) in [5, 5.41) is 9.49. The maximum absolute atomic E-state index is 12.7. The third-order valence-electron chi connectivity index (χ3n) is 8.17. The molecule has 4 aliphatic carbocycles. The van der Waals surface area contributed by atoms with E-state index < -0.39 is 0 Å². The zero-order chi connectivity index (χ0) is 15.5. The molecule has 0 aliphatic heterocycles. The van der Waals surface area contributed by atoms with Crippen LogP contribution in [-0.2, 0) is 4.79 Å². The Bertz CT molecular complexity index is 520. The average Bonchev–Trinajstić information content (AvgIpc) is 2.77. The molecule has 0 heterocycles. The maximum Gasteiger partial charge on any atom is 0.141 e. The van der Waals surface area contributed by atoms with E-state index in [1.165, 1.54) is 32.1 Å². The van der Waals surface area contributed by atoms with Gasteiger partial charge < -0.3 is 0 Å². The Kier molecular flexibility index (Phi) is 3.40. The average molecular weight is 299 g/mol. The summed E-state index contributed by atoms with van der Waals surface area (Å²) in [6, 6.07) is 2.61. The molecule has 0 amide bonds. The first-order chi connectivity index (χ1) is 10.6. The standard InChI is InChI=1S/C20H29NO/c1-12-10-18-17-7-6-14-13(11-21)4-3-5-15(14)16(17)8-9-20(18,2)19(12)22/h12-18H,3-10H2,1-2H3/t12-,13?,14?,15?,16?,17?,18?,20+/m1/s1. The molecule has 8 atom stereocenters. The lowest BCUT2D eigenvalue weighted by Gasteiger charge is -2.54. The minimum atomic E-state index is -0.0171. The smallest absolute Gasteiger partial charge is 0.141 e. The van der Waals surface area contributed by atoms with E-state index in [1.54, 1.807) is 0 Å². The zero-order valence-electron chi connectivity index (χ0n) is 14.1. The van der Waals surface area contributed by atoms with E-state index in [1.807, 2.05) is 0 Å². The van der Waals surface area contributed by atoms with Crippen LogP contribution < -0.4 is 0 Å². The number of rotatable bonds is 0. The number of nitriles is 1. The highest BCUT2D eigenvalue weighted by Crippen LogP contribution is 2.62. The van der Waals surface area contributed by atoms with Gasteiger partial charge in [-0.3, -0.25) is 4.79 Å². The molecule has 4 rings (SSSR count). The van der Waals surface area contributed by atoms with Gasteiger partial charge in [0.15, 0.2) is 0 Å². The quantitative estimate of drug-likeness (QED) is 0.656. The van der Waals surface area contributed by atoms with Crippen molar-refractivity contribution in [1.82, 2.24) is 0 Å². The highest BCUT2D eigenvalue weighted by molar-refractivity contribution is 5.89. The molecule has 0 saturated heterocycles. The van der Waals surface area contributed by atoms with Crippen molar-refractivity contribution in [3.05, 3.63) is 0 Å². The van der Waals surface area contributed by atoms with Crippen molar-refractivity contribution in [2.75, 3.05) is 0 Å². The zero-order valence-corrected chi connectivity index (χ0v) is 14.1. The molecule has 0 aromatic carbocycles. The van der Waals surface area contributed by atoms with Gasteiger partial charge in [0, 0.05) is 17.3 Å². The second-order valence-corrected chi connectivity index (χ2v) is 8.96. The van der Waals surface area contributed by atoms with E-state index in [2.05, 4.69) is 19.9 Å². The van der Waals surface area contributed by atoms with E-state index >= 15 is 0 Å². The molecule has 4 fully saturated rings. The van der Waals surface area contributed by atoms with Crippen molar-refractivity contribution >= 4 is 5.78 Å². The number of carbonyl (C=O) groups is 1. The highest BCUT2D eigenvalue weighted by atomic mass is 16.1. The second kappa shape index (κ2) is 5.08. The fraction of sp³-hybridized carbons (Fsp3) is 0.900. The van der Waals surface area contributed by atoms with Crippen molar-refractivity contribution in [2.45, 2.75) is 65.2 Å². The van der Waals surface area contributed by atoms with Gasteiger partial charge in [0.2, 0.25) is 0 Å². The molecule has 0 N–H and O–H groups in total. The van der Waals surface area contributed by atoms with Crippen molar-refractivity contribution < 1.29 is 4.79 Å². The molecule has 2 nitrogen and oxygen atoms in total. The molecule has 0 aromatic heterocycles. The largest absolute Gasteiger partial charge is 0.299 e. The first kappa shape index (κ1) is 14.7. The van der Waals surface area contributed by atoms with Crippen molar-refractivity contribution in [3.8, 4) is 6.07 Å². The van der Waals surface area contributed by atoms with Crippen molar-refractivity contribution in [3.63, 3.8) is 0 Å².